The molecule has 0 atom stereocenters. The normalized spacial score (nSPS) is 12.7. The van der Waals surface area contributed by atoms with E-state index in [1.807, 2.05) is 18.2 Å². The average molecular weight is 420 g/mol. The van der Waals surface area contributed by atoms with E-state index in [0.29, 0.717) is 45.8 Å². The molecule has 2 heterocycles. The smallest absolute Gasteiger partial charge is 0.197 e. The number of nitrogens with zero attached hydrogens (tertiary/aromatic N) is 1. The van der Waals surface area contributed by atoms with Crippen LogP contribution in [0.1, 0.15) is 27.2 Å². The van der Waals surface area contributed by atoms with Gasteiger partial charge in [-0.1, -0.05) is 41.9 Å². The lowest BCUT2D eigenvalue weighted by Crippen LogP contribution is -2.04. The van der Waals surface area contributed by atoms with Crippen molar-refractivity contribution in [2.24, 2.45) is 0 Å². The molecular formula is C24H15ClFNO3. The van der Waals surface area contributed by atoms with Gasteiger partial charge in [-0.25, -0.2) is 9.37 Å². The van der Waals surface area contributed by atoms with Crippen LogP contribution >= 0.6 is 11.6 Å². The highest BCUT2D eigenvalue weighted by Crippen LogP contribution is 2.31. The van der Waals surface area contributed by atoms with Crippen LogP contribution in [0.4, 0.5) is 4.39 Å². The van der Waals surface area contributed by atoms with Gasteiger partial charge in [0.1, 0.15) is 30.5 Å². The summed E-state index contributed by atoms with van der Waals surface area (Å²) in [7, 11) is 0. The van der Waals surface area contributed by atoms with Gasteiger partial charge in [-0.2, -0.15) is 0 Å². The molecule has 0 radical (unpaired) electrons. The molecule has 3 aromatic carbocycles. The van der Waals surface area contributed by atoms with Crippen molar-refractivity contribution in [3.8, 4) is 11.5 Å². The minimum absolute atomic E-state index is 0.0256. The van der Waals surface area contributed by atoms with Crippen LogP contribution in [0.15, 0.2) is 66.7 Å². The summed E-state index contributed by atoms with van der Waals surface area (Å²) in [4.78, 5) is 17.4. The van der Waals surface area contributed by atoms with E-state index in [1.54, 1.807) is 36.4 Å². The van der Waals surface area contributed by atoms with Gasteiger partial charge < -0.3 is 9.47 Å². The van der Waals surface area contributed by atoms with E-state index in [9.17, 15) is 9.18 Å². The Morgan fingerprint density at radius 2 is 1.90 bits per heavy atom. The zero-order valence-electron chi connectivity index (χ0n) is 15.7. The molecule has 5 rings (SSSR count). The predicted octanol–water partition coefficient (Wildman–Crippen LogP) is 5.73. The Kier molecular flexibility index (Phi) is 4.60. The van der Waals surface area contributed by atoms with Crippen LogP contribution < -0.4 is 9.47 Å². The summed E-state index contributed by atoms with van der Waals surface area (Å²) in [5.74, 6) is 0.491. The zero-order valence-corrected chi connectivity index (χ0v) is 16.4. The molecule has 0 N–H and O–H groups in total. The van der Waals surface area contributed by atoms with Gasteiger partial charge in [0.05, 0.1) is 21.8 Å². The SMILES string of the molecule is O=C1c2ccccc2COc2ccc(OCc3ccc4cc(F)c(Cl)cc4n3)cc21. The average Bonchev–Trinajstić information content (AvgIpc) is 2.90. The second-order valence-electron chi connectivity index (χ2n) is 6.98. The lowest BCUT2D eigenvalue weighted by molar-refractivity contribution is 0.103. The van der Waals surface area contributed by atoms with E-state index in [4.69, 9.17) is 21.1 Å². The van der Waals surface area contributed by atoms with Crippen molar-refractivity contribution in [3.05, 3.63) is 100.0 Å². The first kappa shape index (κ1) is 18.6. The van der Waals surface area contributed by atoms with Crippen molar-refractivity contribution in [2.75, 3.05) is 0 Å². The number of ether oxygens (including phenoxy) is 2. The van der Waals surface area contributed by atoms with Crippen LogP contribution in [0.3, 0.4) is 0 Å². The number of aromatic nitrogens is 1. The van der Waals surface area contributed by atoms with Crippen molar-refractivity contribution in [1.82, 2.24) is 4.98 Å². The summed E-state index contributed by atoms with van der Waals surface area (Å²) in [5, 5.41) is 0.685. The fraction of sp³-hybridized carbons (Fsp3) is 0.0833. The summed E-state index contributed by atoms with van der Waals surface area (Å²) in [5.41, 5.74) is 3.20. The lowest BCUT2D eigenvalue weighted by atomic mass is 9.99. The number of hydrogen-bond acceptors (Lipinski definition) is 4. The van der Waals surface area contributed by atoms with Gasteiger partial charge in [-0.15, -0.1) is 0 Å². The first-order chi connectivity index (χ1) is 14.6. The van der Waals surface area contributed by atoms with Crippen molar-refractivity contribution in [1.29, 1.82) is 0 Å². The number of hydrogen-bond donors (Lipinski definition) is 0. The highest BCUT2D eigenvalue weighted by molar-refractivity contribution is 6.31. The molecule has 0 amide bonds. The number of fused-ring (bicyclic) bond motifs is 3. The monoisotopic (exact) mass is 419 g/mol. The van der Waals surface area contributed by atoms with Gasteiger partial charge in [0.15, 0.2) is 5.78 Å². The summed E-state index contributed by atoms with van der Waals surface area (Å²) in [6.45, 7) is 0.536. The largest absolute Gasteiger partial charge is 0.488 e. The van der Waals surface area contributed by atoms with E-state index in [0.717, 1.165) is 5.56 Å². The van der Waals surface area contributed by atoms with E-state index >= 15 is 0 Å². The Bertz CT molecular complexity index is 1310. The van der Waals surface area contributed by atoms with Crippen LogP contribution in [0.25, 0.3) is 10.9 Å². The Balaban J connectivity index is 1.40. The van der Waals surface area contributed by atoms with Crippen LogP contribution in [0.2, 0.25) is 5.02 Å². The molecule has 1 aliphatic heterocycles. The quantitative estimate of drug-likeness (QED) is 0.425. The zero-order chi connectivity index (χ0) is 20.7. The first-order valence-electron chi connectivity index (χ1n) is 9.35. The van der Waals surface area contributed by atoms with Gasteiger partial charge >= 0.3 is 0 Å². The molecule has 1 aliphatic rings. The Labute approximate surface area is 176 Å². The molecular weight excluding hydrogens is 405 g/mol. The topological polar surface area (TPSA) is 48.4 Å². The second kappa shape index (κ2) is 7.43. The van der Waals surface area contributed by atoms with Gasteiger partial charge in [0.25, 0.3) is 0 Å². The molecule has 30 heavy (non-hydrogen) atoms. The van der Waals surface area contributed by atoms with Crippen molar-refractivity contribution in [2.45, 2.75) is 13.2 Å². The highest BCUT2D eigenvalue weighted by atomic mass is 35.5. The van der Waals surface area contributed by atoms with Crippen LogP contribution in [0, 0.1) is 5.82 Å². The maximum absolute atomic E-state index is 13.6. The third kappa shape index (κ3) is 3.37. The maximum Gasteiger partial charge on any atom is 0.197 e. The highest BCUT2D eigenvalue weighted by Gasteiger charge is 2.22. The minimum atomic E-state index is -0.478. The Morgan fingerprint density at radius 1 is 1.03 bits per heavy atom. The molecule has 1 aromatic heterocycles. The number of halogens is 2. The number of pyridine rings is 1. The second-order valence-corrected chi connectivity index (χ2v) is 7.39. The van der Waals surface area contributed by atoms with Crippen molar-refractivity contribution < 1.29 is 18.7 Å². The van der Waals surface area contributed by atoms with E-state index < -0.39 is 5.82 Å². The number of benzene rings is 3. The van der Waals surface area contributed by atoms with E-state index in [1.165, 1.54) is 12.1 Å². The van der Waals surface area contributed by atoms with Gasteiger partial charge in [-0.3, -0.25) is 4.79 Å². The molecule has 4 aromatic rings. The lowest BCUT2D eigenvalue weighted by Gasteiger charge is -2.10. The molecule has 6 heteroatoms. The fourth-order valence-electron chi connectivity index (χ4n) is 3.47. The number of rotatable bonds is 3. The molecule has 0 saturated carbocycles. The van der Waals surface area contributed by atoms with Gasteiger partial charge in [-0.05, 0) is 36.4 Å². The number of carbonyl (C=O) groups excluding carboxylic acids is 1. The molecule has 0 unspecified atom stereocenters. The Hall–Kier alpha value is -3.44. The number of carbonyl (C=O) groups is 1. The Morgan fingerprint density at radius 3 is 2.80 bits per heavy atom. The maximum atomic E-state index is 13.6. The molecule has 0 saturated heterocycles. The van der Waals surface area contributed by atoms with Crippen LogP contribution in [0.5, 0.6) is 11.5 Å². The van der Waals surface area contributed by atoms with Crippen LogP contribution in [-0.2, 0) is 13.2 Å². The molecule has 0 aliphatic carbocycles. The van der Waals surface area contributed by atoms with Crippen LogP contribution in [-0.4, -0.2) is 10.8 Å². The molecule has 148 valence electrons. The summed E-state index contributed by atoms with van der Waals surface area (Å²) < 4.78 is 25.2. The molecule has 0 fully saturated rings. The van der Waals surface area contributed by atoms with Gasteiger partial charge in [0, 0.05) is 16.5 Å². The fourth-order valence-corrected chi connectivity index (χ4v) is 3.63. The first-order valence-corrected chi connectivity index (χ1v) is 9.73. The number of ketones is 1. The van der Waals surface area contributed by atoms with E-state index in [2.05, 4.69) is 4.98 Å². The third-order valence-corrected chi connectivity index (χ3v) is 5.31. The van der Waals surface area contributed by atoms with Gasteiger partial charge in [0.2, 0.25) is 0 Å². The molecule has 0 bridgehead atoms. The summed E-state index contributed by atoms with van der Waals surface area (Å²) in [6.07, 6.45) is 0. The minimum Gasteiger partial charge on any atom is -0.488 e. The predicted molar refractivity (Wildman–Crippen MR) is 112 cm³/mol. The molecule has 4 nitrogen and oxygen atoms in total. The van der Waals surface area contributed by atoms with Crippen molar-refractivity contribution in [3.63, 3.8) is 0 Å². The third-order valence-electron chi connectivity index (χ3n) is 5.02. The van der Waals surface area contributed by atoms with E-state index in [-0.39, 0.29) is 17.4 Å². The standard InChI is InChI=1S/C24H15ClFNO3/c25-20-11-22-14(9-21(20)26)5-6-16(27-22)13-29-17-7-8-23-19(10-17)24(28)18-4-2-1-3-15(18)12-30-23/h1-11H,12-13H2. The summed E-state index contributed by atoms with van der Waals surface area (Å²) >= 11 is 5.85. The summed E-state index contributed by atoms with van der Waals surface area (Å²) in [6, 6.07) is 19.0. The molecule has 0 spiro atoms. The van der Waals surface area contributed by atoms with Crippen molar-refractivity contribution >= 4 is 28.3 Å².